The van der Waals surface area contributed by atoms with E-state index in [0.29, 0.717) is 0 Å². The number of carbonyl (C=O) groups excluding carboxylic acids is 2. The molecular weight excluding hydrogens is 140 g/mol. The van der Waals surface area contributed by atoms with E-state index in [9.17, 15) is 9.59 Å². The van der Waals surface area contributed by atoms with Crippen molar-refractivity contribution in [3.8, 4) is 0 Å². The number of hydrogen-bond donors (Lipinski definition) is 0. The fourth-order valence-corrected chi connectivity index (χ4v) is 0.271. The van der Waals surface area contributed by atoms with Crippen LogP contribution in [0.25, 0.3) is 0 Å². The smallest absolute Gasteiger partial charge is 0.234 e. The Kier molecular flexibility index (Phi) is 2.38. The molecule has 0 saturated heterocycles. The molecule has 0 aromatic rings. The van der Waals surface area contributed by atoms with Gasteiger partial charge in [-0.25, -0.2) is 0 Å². The maximum absolute atomic E-state index is 10.6. The van der Waals surface area contributed by atoms with Gasteiger partial charge in [0.2, 0.25) is 5.24 Å². The minimum Gasteiger partial charge on any atom is -0.299 e. The lowest BCUT2D eigenvalue weighted by atomic mass is 9.91. The second-order valence-electron chi connectivity index (χ2n) is 2.45. The summed E-state index contributed by atoms with van der Waals surface area (Å²) in [7, 11) is 0. The number of carbonyl (C=O) groups is 2. The summed E-state index contributed by atoms with van der Waals surface area (Å²) >= 11 is 5.10. The van der Waals surface area contributed by atoms with Crippen LogP contribution < -0.4 is 0 Å². The van der Waals surface area contributed by atoms with E-state index in [1.807, 2.05) is 0 Å². The van der Waals surface area contributed by atoms with Gasteiger partial charge in [0.05, 0.1) is 5.41 Å². The van der Waals surface area contributed by atoms with Crippen LogP contribution in [0.2, 0.25) is 0 Å². The molecule has 9 heavy (non-hydrogen) atoms. The maximum atomic E-state index is 10.6. The fourth-order valence-electron chi connectivity index (χ4n) is 0.138. The zero-order valence-corrected chi connectivity index (χ0v) is 6.45. The summed E-state index contributed by atoms with van der Waals surface area (Å²) in [6.07, 6.45) is 0. The summed E-state index contributed by atoms with van der Waals surface area (Å²) in [6.45, 7) is 4.36. The average Bonchev–Trinajstić information content (AvgIpc) is 1.65. The van der Waals surface area contributed by atoms with Gasteiger partial charge in [-0.2, -0.15) is 0 Å². The van der Waals surface area contributed by atoms with Crippen molar-refractivity contribution >= 4 is 22.6 Å². The summed E-state index contributed by atoms with van der Waals surface area (Å²) in [6, 6.07) is 0. The lowest BCUT2D eigenvalue weighted by molar-refractivity contribution is -0.132. The van der Waals surface area contributed by atoms with E-state index in [2.05, 4.69) is 0 Å². The molecule has 0 atom stereocenters. The first-order chi connectivity index (χ1) is 3.89. The summed E-state index contributed by atoms with van der Waals surface area (Å²) in [5.41, 5.74) is -1.01. The molecule has 0 unspecified atom stereocenters. The number of hydrogen-bond acceptors (Lipinski definition) is 2. The molecule has 0 rings (SSSR count). The highest BCUT2D eigenvalue weighted by Gasteiger charge is 2.30. The van der Waals surface area contributed by atoms with E-state index < -0.39 is 10.7 Å². The first-order valence-corrected chi connectivity index (χ1v) is 2.98. The van der Waals surface area contributed by atoms with Crippen LogP contribution >= 0.6 is 11.6 Å². The van der Waals surface area contributed by atoms with Crippen LogP contribution in [0.4, 0.5) is 0 Å². The largest absolute Gasteiger partial charge is 0.299 e. The van der Waals surface area contributed by atoms with E-state index >= 15 is 0 Å². The summed E-state index contributed by atoms with van der Waals surface area (Å²) in [5.74, 6) is -0.206. The lowest BCUT2D eigenvalue weighted by Crippen LogP contribution is -2.27. The van der Waals surface area contributed by atoms with E-state index in [1.54, 1.807) is 0 Å². The normalized spacial score (nSPS) is 11.1. The Morgan fingerprint density at radius 2 is 1.67 bits per heavy atom. The van der Waals surface area contributed by atoms with Crippen LogP contribution in [0, 0.1) is 5.41 Å². The molecule has 0 spiro atoms. The average molecular weight is 149 g/mol. The Balaban J connectivity index is 4.38. The summed E-state index contributed by atoms with van der Waals surface area (Å²) < 4.78 is 0. The van der Waals surface area contributed by atoms with Crippen molar-refractivity contribution < 1.29 is 9.59 Å². The van der Waals surface area contributed by atoms with Gasteiger partial charge in [-0.1, -0.05) is 0 Å². The third kappa shape index (κ3) is 1.79. The van der Waals surface area contributed by atoms with Gasteiger partial charge in [-0.15, -0.1) is 0 Å². The van der Waals surface area contributed by atoms with Crippen LogP contribution in [0.15, 0.2) is 0 Å². The molecule has 0 amide bonds. The van der Waals surface area contributed by atoms with Crippen molar-refractivity contribution in [2.75, 3.05) is 0 Å². The molecule has 0 N–H and O–H groups in total. The predicted octanol–water partition coefficient (Wildman–Crippen LogP) is 1.37. The summed E-state index contributed by atoms with van der Waals surface area (Å²) in [4.78, 5) is 21.1. The maximum Gasteiger partial charge on any atom is 0.234 e. The highest BCUT2D eigenvalue weighted by Crippen LogP contribution is 2.19. The Morgan fingerprint density at radius 1 is 1.33 bits per heavy atom. The van der Waals surface area contributed by atoms with Gasteiger partial charge in [-0.05, 0) is 32.4 Å². The topological polar surface area (TPSA) is 34.1 Å². The van der Waals surface area contributed by atoms with E-state index in [0.717, 1.165) is 0 Å². The third-order valence-corrected chi connectivity index (χ3v) is 1.84. The van der Waals surface area contributed by atoms with Gasteiger partial charge in [0.15, 0.2) is 0 Å². The molecule has 0 aliphatic carbocycles. The van der Waals surface area contributed by atoms with E-state index in [-0.39, 0.29) is 5.78 Å². The molecule has 0 saturated carbocycles. The van der Waals surface area contributed by atoms with E-state index in [1.165, 1.54) is 20.8 Å². The van der Waals surface area contributed by atoms with Gasteiger partial charge < -0.3 is 0 Å². The highest BCUT2D eigenvalue weighted by atomic mass is 35.5. The van der Waals surface area contributed by atoms with Crippen molar-refractivity contribution in [2.45, 2.75) is 20.8 Å². The fraction of sp³-hybridized carbons (Fsp3) is 0.667. The minimum atomic E-state index is -1.01. The first-order valence-electron chi connectivity index (χ1n) is 2.60. The second kappa shape index (κ2) is 2.48. The predicted molar refractivity (Wildman–Crippen MR) is 35.3 cm³/mol. The Morgan fingerprint density at radius 3 is 1.67 bits per heavy atom. The number of halogens is 1. The van der Waals surface area contributed by atoms with Crippen LogP contribution in [-0.4, -0.2) is 11.0 Å². The van der Waals surface area contributed by atoms with Gasteiger partial charge in [0.1, 0.15) is 5.78 Å². The van der Waals surface area contributed by atoms with Gasteiger partial charge in [-0.3, -0.25) is 9.59 Å². The Bertz CT molecular complexity index is 133. The molecule has 0 aromatic carbocycles. The van der Waals surface area contributed by atoms with Gasteiger partial charge in [0.25, 0.3) is 0 Å². The van der Waals surface area contributed by atoms with Crippen molar-refractivity contribution in [2.24, 2.45) is 5.41 Å². The van der Waals surface area contributed by atoms with Crippen LogP contribution in [0.1, 0.15) is 20.8 Å². The molecule has 0 bridgehead atoms. The SMILES string of the molecule is CC(=O)C(C)(C)C(=O)Cl. The third-order valence-electron chi connectivity index (χ3n) is 1.37. The van der Waals surface area contributed by atoms with Gasteiger partial charge >= 0.3 is 0 Å². The van der Waals surface area contributed by atoms with E-state index in [4.69, 9.17) is 11.6 Å². The molecule has 2 nitrogen and oxygen atoms in total. The molecule has 0 fully saturated rings. The van der Waals surface area contributed by atoms with Crippen molar-refractivity contribution in [1.29, 1.82) is 0 Å². The van der Waals surface area contributed by atoms with Crippen LogP contribution in [-0.2, 0) is 9.59 Å². The monoisotopic (exact) mass is 148 g/mol. The lowest BCUT2D eigenvalue weighted by Gasteiger charge is -2.13. The number of ketones is 1. The van der Waals surface area contributed by atoms with Crippen molar-refractivity contribution in [3.05, 3.63) is 0 Å². The molecule has 0 aliphatic rings. The zero-order valence-electron chi connectivity index (χ0n) is 5.69. The summed E-state index contributed by atoms with van der Waals surface area (Å²) in [5, 5.41) is -0.602. The molecule has 0 aromatic heterocycles. The Hall–Kier alpha value is -0.370. The number of rotatable bonds is 2. The number of Topliss-reactive ketones (excluding diaryl/α,β-unsaturated/α-hetero) is 1. The quantitative estimate of drug-likeness (QED) is 0.438. The highest BCUT2D eigenvalue weighted by molar-refractivity contribution is 6.66. The molecule has 0 radical (unpaired) electrons. The Labute approximate surface area is 59.2 Å². The molecule has 0 aliphatic heterocycles. The van der Waals surface area contributed by atoms with Crippen LogP contribution in [0.3, 0.4) is 0 Å². The second-order valence-corrected chi connectivity index (χ2v) is 2.80. The molecular formula is C6H9ClO2. The van der Waals surface area contributed by atoms with Crippen molar-refractivity contribution in [3.63, 3.8) is 0 Å². The first kappa shape index (κ1) is 8.63. The van der Waals surface area contributed by atoms with Crippen LogP contribution in [0.5, 0.6) is 0 Å². The van der Waals surface area contributed by atoms with Crippen molar-refractivity contribution in [1.82, 2.24) is 0 Å². The zero-order chi connectivity index (χ0) is 7.65. The molecule has 3 heteroatoms. The van der Waals surface area contributed by atoms with Gasteiger partial charge in [0, 0.05) is 0 Å². The molecule has 52 valence electrons. The standard InChI is InChI=1S/C6H9ClO2/c1-4(8)6(2,3)5(7)9/h1-3H3. The minimum absolute atomic E-state index is 0.206. The molecule has 0 heterocycles.